The van der Waals surface area contributed by atoms with E-state index in [1.54, 1.807) is 22.7 Å². The zero-order valence-electron chi connectivity index (χ0n) is 14.5. The van der Waals surface area contributed by atoms with Gasteiger partial charge in [-0.05, 0) is 26.0 Å². The molecule has 0 saturated carbocycles. The van der Waals surface area contributed by atoms with Crippen LogP contribution >= 0.6 is 22.7 Å². The predicted molar refractivity (Wildman–Crippen MR) is 102 cm³/mol. The van der Waals surface area contributed by atoms with Crippen LogP contribution in [-0.2, 0) is 0 Å². The van der Waals surface area contributed by atoms with Crippen molar-refractivity contribution in [2.24, 2.45) is 0 Å². The van der Waals surface area contributed by atoms with Crippen molar-refractivity contribution in [2.45, 2.75) is 13.8 Å². The molecule has 2 aliphatic rings. The van der Waals surface area contributed by atoms with Crippen LogP contribution in [0.25, 0.3) is 21.0 Å². The molecule has 26 heavy (non-hydrogen) atoms. The van der Waals surface area contributed by atoms with Gasteiger partial charge in [0, 0.05) is 21.5 Å². The molecule has 0 atom stereocenters. The van der Waals surface area contributed by atoms with Gasteiger partial charge in [-0.3, -0.25) is 4.98 Å². The maximum absolute atomic E-state index is 5.85. The van der Waals surface area contributed by atoms with Crippen LogP contribution in [0.3, 0.4) is 0 Å². The number of thiophene rings is 2. The normalized spacial score (nSPS) is 15.2. The average molecular weight is 387 g/mol. The number of fused-ring (bicyclic) bond motifs is 2. The Hall–Kier alpha value is -2.25. The van der Waals surface area contributed by atoms with Crippen molar-refractivity contribution < 1.29 is 18.9 Å². The number of aromatic nitrogens is 1. The second-order valence-corrected chi connectivity index (χ2v) is 8.57. The molecule has 0 bridgehead atoms. The molecule has 0 amide bonds. The lowest BCUT2D eigenvalue weighted by atomic mass is 10.2. The van der Waals surface area contributed by atoms with Crippen LogP contribution in [-0.4, -0.2) is 31.4 Å². The number of nitrogens with zero attached hydrogens (tertiary/aromatic N) is 1. The zero-order chi connectivity index (χ0) is 17.7. The Balaban J connectivity index is 1.53. The molecular weight excluding hydrogens is 370 g/mol. The third-order valence-electron chi connectivity index (χ3n) is 4.39. The van der Waals surface area contributed by atoms with Crippen LogP contribution in [0, 0.1) is 13.8 Å². The molecule has 5 rings (SSSR count). The molecule has 0 radical (unpaired) electrons. The van der Waals surface area contributed by atoms with Crippen molar-refractivity contribution in [2.75, 3.05) is 26.4 Å². The summed E-state index contributed by atoms with van der Waals surface area (Å²) in [7, 11) is 0. The van der Waals surface area contributed by atoms with Crippen LogP contribution in [0.15, 0.2) is 18.3 Å². The molecule has 5 nitrogen and oxygen atoms in total. The molecule has 0 spiro atoms. The van der Waals surface area contributed by atoms with Gasteiger partial charge in [0.25, 0.3) is 0 Å². The van der Waals surface area contributed by atoms with Gasteiger partial charge in [-0.25, -0.2) is 0 Å². The number of hydrogen-bond donors (Lipinski definition) is 0. The summed E-state index contributed by atoms with van der Waals surface area (Å²) < 4.78 is 23.2. The fourth-order valence-electron chi connectivity index (χ4n) is 3.21. The van der Waals surface area contributed by atoms with Crippen molar-refractivity contribution in [3.05, 3.63) is 28.1 Å². The zero-order valence-corrected chi connectivity index (χ0v) is 16.1. The Morgan fingerprint density at radius 2 is 1.27 bits per heavy atom. The van der Waals surface area contributed by atoms with Crippen molar-refractivity contribution in [1.82, 2.24) is 4.98 Å². The predicted octanol–water partition coefficient (Wildman–Crippen LogP) is 4.70. The molecule has 0 N–H and O–H groups in total. The fourth-order valence-corrected chi connectivity index (χ4v) is 5.26. The molecule has 0 aliphatic carbocycles. The molecule has 134 valence electrons. The van der Waals surface area contributed by atoms with Gasteiger partial charge in [0.15, 0.2) is 23.0 Å². The van der Waals surface area contributed by atoms with Crippen molar-refractivity contribution in [3.63, 3.8) is 0 Å². The highest BCUT2D eigenvalue weighted by Gasteiger charge is 2.25. The minimum absolute atomic E-state index is 0.576. The van der Waals surface area contributed by atoms with Gasteiger partial charge in [-0.1, -0.05) is 0 Å². The molecule has 2 aliphatic heterocycles. The molecule has 3 aromatic heterocycles. The lowest BCUT2D eigenvalue weighted by Crippen LogP contribution is -2.15. The largest absolute Gasteiger partial charge is 0.485 e. The van der Waals surface area contributed by atoms with Crippen LogP contribution in [0.2, 0.25) is 0 Å². The third-order valence-corrected chi connectivity index (χ3v) is 6.59. The molecule has 3 aromatic rings. The van der Waals surface area contributed by atoms with Gasteiger partial charge < -0.3 is 18.9 Å². The van der Waals surface area contributed by atoms with E-state index in [-0.39, 0.29) is 0 Å². The van der Waals surface area contributed by atoms with E-state index in [2.05, 4.69) is 13.0 Å². The molecular formula is C19H17NO4S2. The lowest BCUT2D eigenvalue weighted by molar-refractivity contribution is 0.173. The van der Waals surface area contributed by atoms with Crippen LogP contribution in [0.5, 0.6) is 23.0 Å². The van der Waals surface area contributed by atoms with Crippen LogP contribution in [0.1, 0.15) is 9.75 Å². The first kappa shape index (κ1) is 16.0. The summed E-state index contributed by atoms with van der Waals surface area (Å²) >= 11 is 3.34. The Labute approximate surface area is 159 Å². The molecule has 0 aromatic carbocycles. The topological polar surface area (TPSA) is 49.8 Å². The number of ether oxygens (including phenoxy) is 4. The first-order chi connectivity index (χ1) is 12.7. The Morgan fingerprint density at radius 1 is 0.731 bits per heavy atom. The highest BCUT2D eigenvalue weighted by molar-refractivity contribution is 7.16. The van der Waals surface area contributed by atoms with Gasteiger partial charge in [0.05, 0.1) is 15.4 Å². The van der Waals surface area contributed by atoms with E-state index < -0.39 is 0 Å². The summed E-state index contributed by atoms with van der Waals surface area (Å²) in [6.07, 6.45) is 1.89. The number of hydrogen-bond acceptors (Lipinski definition) is 7. The standard InChI is InChI=1S/C19H17NO4S2/c1-10-14-16(23-7-5-21-14)18(25-10)12-3-4-13(20-9-12)19-17-15(11(2)26-19)22-6-8-24-17/h3-4,9H,5-8H2,1-2H3. The number of rotatable bonds is 2. The van der Waals surface area contributed by atoms with Gasteiger partial charge in [0.1, 0.15) is 26.4 Å². The Bertz CT molecular complexity index is 895. The van der Waals surface area contributed by atoms with E-state index in [1.807, 2.05) is 19.2 Å². The quantitative estimate of drug-likeness (QED) is 0.638. The first-order valence-corrected chi connectivity index (χ1v) is 10.1. The molecule has 0 fully saturated rings. The minimum Gasteiger partial charge on any atom is -0.485 e. The Morgan fingerprint density at radius 3 is 1.85 bits per heavy atom. The highest BCUT2D eigenvalue weighted by Crippen LogP contribution is 2.50. The van der Waals surface area contributed by atoms with E-state index in [1.165, 1.54) is 0 Å². The van der Waals surface area contributed by atoms with E-state index in [4.69, 9.17) is 23.9 Å². The molecule has 0 unspecified atom stereocenters. The monoisotopic (exact) mass is 387 g/mol. The van der Waals surface area contributed by atoms with Crippen molar-refractivity contribution in [3.8, 4) is 44.0 Å². The summed E-state index contributed by atoms with van der Waals surface area (Å²) in [6.45, 7) is 6.47. The molecule has 7 heteroatoms. The maximum atomic E-state index is 5.85. The SMILES string of the molecule is Cc1sc(-c2ccc(-c3sc(C)c4c3OCCO4)nc2)c2c1OCCO2. The van der Waals surface area contributed by atoms with Gasteiger partial charge in [-0.2, -0.15) is 0 Å². The summed E-state index contributed by atoms with van der Waals surface area (Å²) in [5.41, 5.74) is 1.93. The van der Waals surface area contributed by atoms with E-state index in [9.17, 15) is 0 Å². The van der Waals surface area contributed by atoms with Crippen LogP contribution in [0.4, 0.5) is 0 Å². The smallest absolute Gasteiger partial charge is 0.181 e. The highest BCUT2D eigenvalue weighted by atomic mass is 32.1. The van der Waals surface area contributed by atoms with Gasteiger partial charge in [-0.15, -0.1) is 22.7 Å². The summed E-state index contributed by atoms with van der Waals surface area (Å²) in [4.78, 5) is 9.03. The number of aryl methyl sites for hydroxylation is 2. The Kier molecular flexibility index (Phi) is 3.79. The van der Waals surface area contributed by atoms with E-state index in [0.717, 1.165) is 53.8 Å². The van der Waals surface area contributed by atoms with Crippen LogP contribution < -0.4 is 18.9 Å². The third kappa shape index (κ3) is 2.46. The minimum atomic E-state index is 0.576. The van der Waals surface area contributed by atoms with E-state index in [0.29, 0.717) is 26.4 Å². The maximum Gasteiger partial charge on any atom is 0.181 e. The number of pyridine rings is 1. The van der Waals surface area contributed by atoms with Crippen molar-refractivity contribution >= 4 is 22.7 Å². The van der Waals surface area contributed by atoms with Gasteiger partial charge in [0.2, 0.25) is 0 Å². The fraction of sp³-hybridized carbons (Fsp3) is 0.316. The second-order valence-electron chi connectivity index (χ2n) is 6.12. The molecule has 0 saturated heterocycles. The van der Waals surface area contributed by atoms with E-state index >= 15 is 0 Å². The van der Waals surface area contributed by atoms with Crippen molar-refractivity contribution in [1.29, 1.82) is 0 Å². The lowest BCUT2D eigenvalue weighted by Gasteiger charge is -2.17. The average Bonchev–Trinajstić information content (AvgIpc) is 3.20. The van der Waals surface area contributed by atoms with Gasteiger partial charge >= 0.3 is 0 Å². The molecule has 5 heterocycles. The first-order valence-electron chi connectivity index (χ1n) is 8.47. The summed E-state index contributed by atoms with van der Waals surface area (Å²) in [6, 6.07) is 4.11. The summed E-state index contributed by atoms with van der Waals surface area (Å²) in [5.74, 6) is 3.39. The summed E-state index contributed by atoms with van der Waals surface area (Å²) in [5, 5.41) is 0. The second kappa shape index (κ2) is 6.17.